The van der Waals surface area contributed by atoms with E-state index in [1.807, 2.05) is 22.7 Å². The van der Waals surface area contributed by atoms with Crippen LogP contribution in [0, 0.1) is 0 Å². The van der Waals surface area contributed by atoms with Gasteiger partial charge in [-0.2, -0.15) is 0 Å². The van der Waals surface area contributed by atoms with E-state index < -0.39 is 0 Å². The van der Waals surface area contributed by atoms with E-state index in [0.29, 0.717) is 0 Å². The van der Waals surface area contributed by atoms with E-state index >= 15 is 0 Å². The molecule has 0 spiro atoms. The third kappa shape index (κ3) is 6.59. The van der Waals surface area contributed by atoms with Crippen molar-refractivity contribution in [2.75, 3.05) is 4.90 Å². The van der Waals surface area contributed by atoms with Crippen molar-refractivity contribution in [2.45, 2.75) is 0 Å². The summed E-state index contributed by atoms with van der Waals surface area (Å²) in [6.07, 6.45) is 0. The Bertz CT molecular complexity index is 3700. The van der Waals surface area contributed by atoms with Crippen LogP contribution >= 0.6 is 22.7 Å². The van der Waals surface area contributed by atoms with Crippen LogP contribution in [0.5, 0.6) is 0 Å². The zero-order valence-corrected chi connectivity index (χ0v) is 36.9. The van der Waals surface area contributed by atoms with Crippen molar-refractivity contribution in [1.82, 2.24) is 0 Å². The maximum atomic E-state index is 2.38. The van der Waals surface area contributed by atoms with Gasteiger partial charge in [0.2, 0.25) is 0 Å². The van der Waals surface area contributed by atoms with Crippen LogP contribution < -0.4 is 4.90 Å². The molecule has 0 atom stereocenters. The molecule has 2 heterocycles. The van der Waals surface area contributed by atoms with Gasteiger partial charge in [0.1, 0.15) is 0 Å². The van der Waals surface area contributed by atoms with Crippen molar-refractivity contribution < 1.29 is 0 Å². The standard InChI is InChI=1S/C62H39NS2/c1-2-8-40(9-3-1)41-14-16-42(17-15-41)43-18-28-50(29-19-43)63(51-30-20-44(21-31-51)48-26-34-57-55(38-48)61-53-12-6-4-10-46(53)24-36-59(61)64-57)52-32-22-45(23-33-52)49-27-35-58-56(39-49)62-54-13-7-5-11-47(54)25-37-60(62)65-58/h1-39H. The molecular formula is C62H39NS2. The number of fused-ring (bicyclic) bond motifs is 10. The minimum atomic E-state index is 1.10. The Hall–Kier alpha value is -7.82. The summed E-state index contributed by atoms with van der Waals surface area (Å²) in [5.74, 6) is 0. The molecule has 0 bridgehead atoms. The highest BCUT2D eigenvalue weighted by atomic mass is 32.1. The lowest BCUT2D eigenvalue weighted by Crippen LogP contribution is -2.09. The molecule has 0 aliphatic heterocycles. The monoisotopic (exact) mass is 861 g/mol. The normalized spacial score (nSPS) is 11.7. The molecule has 3 heteroatoms. The number of thiophene rings is 2. The van der Waals surface area contributed by atoms with E-state index in [0.717, 1.165) is 17.1 Å². The molecule has 0 aliphatic rings. The first-order valence-electron chi connectivity index (χ1n) is 22.1. The third-order valence-corrected chi connectivity index (χ3v) is 15.4. The molecule has 0 amide bonds. The van der Waals surface area contributed by atoms with Crippen molar-refractivity contribution >= 4 is 102 Å². The summed E-state index contributed by atoms with van der Waals surface area (Å²) in [6, 6.07) is 87.1. The molecule has 0 saturated carbocycles. The van der Waals surface area contributed by atoms with Gasteiger partial charge in [-0.1, -0.05) is 164 Å². The Morgan fingerprint density at radius 2 is 0.554 bits per heavy atom. The van der Waals surface area contributed by atoms with E-state index in [4.69, 9.17) is 0 Å². The highest BCUT2D eigenvalue weighted by molar-refractivity contribution is 7.26. The molecule has 0 radical (unpaired) electrons. The SMILES string of the molecule is c1ccc(-c2ccc(-c3ccc(N(c4ccc(-c5ccc6sc7ccc8ccccc8c7c6c5)cc4)c4ccc(-c5ccc6sc7ccc8ccccc8c7c6c5)cc4)cc3)cc2)cc1. The fraction of sp³-hybridized carbons (Fsp3) is 0. The van der Waals surface area contributed by atoms with Gasteiger partial charge in [0.05, 0.1) is 0 Å². The van der Waals surface area contributed by atoms with Crippen LogP contribution in [0.1, 0.15) is 0 Å². The van der Waals surface area contributed by atoms with Crippen LogP contribution in [0.4, 0.5) is 17.1 Å². The minimum Gasteiger partial charge on any atom is -0.311 e. The van der Waals surface area contributed by atoms with Crippen molar-refractivity contribution in [1.29, 1.82) is 0 Å². The summed E-state index contributed by atoms with van der Waals surface area (Å²) in [5, 5.41) is 10.5. The van der Waals surface area contributed by atoms with Crippen molar-refractivity contribution in [3.63, 3.8) is 0 Å². The van der Waals surface area contributed by atoms with Gasteiger partial charge in [-0.15, -0.1) is 22.7 Å². The van der Waals surface area contributed by atoms with Gasteiger partial charge >= 0.3 is 0 Å². The Kier molecular flexibility index (Phi) is 8.97. The van der Waals surface area contributed by atoms with Crippen LogP contribution in [0.15, 0.2) is 237 Å². The van der Waals surface area contributed by atoms with E-state index in [9.17, 15) is 0 Å². The first kappa shape index (κ1) is 37.7. The van der Waals surface area contributed by atoms with Crippen LogP contribution in [-0.4, -0.2) is 0 Å². The molecule has 65 heavy (non-hydrogen) atoms. The van der Waals surface area contributed by atoms with Crippen molar-refractivity contribution in [3.05, 3.63) is 237 Å². The predicted octanol–water partition coefficient (Wildman–Crippen LogP) is 18.9. The summed E-state index contributed by atoms with van der Waals surface area (Å²) in [5.41, 5.74) is 13.0. The molecular weight excluding hydrogens is 823 g/mol. The Morgan fingerprint density at radius 3 is 0.985 bits per heavy atom. The quantitative estimate of drug-likeness (QED) is 0.154. The van der Waals surface area contributed by atoms with E-state index in [-0.39, 0.29) is 0 Å². The summed E-state index contributed by atoms with van der Waals surface area (Å²) in [7, 11) is 0. The summed E-state index contributed by atoms with van der Waals surface area (Å²) < 4.78 is 5.30. The maximum absolute atomic E-state index is 2.38. The summed E-state index contributed by atoms with van der Waals surface area (Å²) in [6.45, 7) is 0. The van der Waals surface area contributed by atoms with Crippen molar-refractivity contribution in [3.8, 4) is 44.5 Å². The molecule has 0 aliphatic carbocycles. The molecule has 0 saturated heterocycles. The van der Waals surface area contributed by atoms with Gasteiger partial charge < -0.3 is 4.90 Å². The Morgan fingerprint density at radius 1 is 0.231 bits per heavy atom. The van der Waals surface area contributed by atoms with Crippen LogP contribution in [0.3, 0.4) is 0 Å². The smallest absolute Gasteiger partial charge is 0.0462 e. The molecule has 2 aromatic heterocycles. The summed E-state index contributed by atoms with van der Waals surface area (Å²) >= 11 is 3.75. The topological polar surface area (TPSA) is 3.24 Å². The number of hydrogen-bond donors (Lipinski definition) is 0. The molecule has 13 aromatic rings. The average molecular weight is 862 g/mol. The van der Waals surface area contributed by atoms with Crippen LogP contribution in [0.2, 0.25) is 0 Å². The van der Waals surface area contributed by atoms with E-state index in [1.165, 1.54) is 106 Å². The molecule has 0 N–H and O–H groups in total. The number of hydrogen-bond acceptors (Lipinski definition) is 3. The largest absolute Gasteiger partial charge is 0.311 e. The second-order valence-electron chi connectivity index (χ2n) is 16.9. The van der Waals surface area contributed by atoms with Gasteiger partial charge in [0, 0.05) is 57.4 Å². The highest BCUT2D eigenvalue weighted by Crippen LogP contribution is 2.43. The second kappa shape index (κ2) is 15.5. The summed E-state index contributed by atoms with van der Waals surface area (Å²) in [4.78, 5) is 2.37. The molecule has 0 fully saturated rings. The minimum absolute atomic E-state index is 1.10. The van der Waals surface area contributed by atoms with Gasteiger partial charge in [-0.25, -0.2) is 0 Å². The third-order valence-electron chi connectivity index (χ3n) is 13.1. The first-order chi connectivity index (χ1) is 32.2. The van der Waals surface area contributed by atoms with E-state index in [2.05, 4.69) is 241 Å². The Balaban J connectivity index is 0.872. The van der Waals surface area contributed by atoms with Gasteiger partial charge in [0.25, 0.3) is 0 Å². The molecule has 0 unspecified atom stereocenters. The highest BCUT2D eigenvalue weighted by Gasteiger charge is 2.16. The molecule has 1 nitrogen and oxygen atoms in total. The lowest BCUT2D eigenvalue weighted by Gasteiger charge is -2.26. The van der Waals surface area contributed by atoms with Gasteiger partial charge in [-0.05, 0) is 139 Å². The zero-order valence-electron chi connectivity index (χ0n) is 35.3. The van der Waals surface area contributed by atoms with Gasteiger partial charge in [0.15, 0.2) is 0 Å². The maximum Gasteiger partial charge on any atom is 0.0462 e. The lowest BCUT2D eigenvalue weighted by molar-refractivity contribution is 1.28. The number of rotatable bonds is 7. The zero-order chi connectivity index (χ0) is 42.8. The molecule has 11 aromatic carbocycles. The van der Waals surface area contributed by atoms with Gasteiger partial charge in [-0.3, -0.25) is 0 Å². The predicted molar refractivity (Wildman–Crippen MR) is 284 cm³/mol. The second-order valence-corrected chi connectivity index (χ2v) is 19.0. The fourth-order valence-corrected chi connectivity index (χ4v) is 12.0. The number of benzene rings is 11. The molecule has 304 valence electrons. The fourth-order valence-electron chi connectivity index (χ4n) is 9.80. The Labute approximate surface area is 385 Å². The van der Waals surface area contributed by atoms with Crippen LogP contribution in [-0.2, 0) is 0 Å². The number of anilines is 3. The average Bonchev–Trinajstić information content (AvgIpc) is 3.96. The lowest BCUT2D eigenvalue weighted by atomic mass is 9.99. The van der Waals surface area contributed by atoms with Crippen LogP contribution in [0.25, 0.3) is 106 Å². The first-order valence-corrected chi connectivity index (χ1v) is 23.8. The molecule has 13 rings (SSSR count). The van der Waals surface area contributed by atoms with E-state index in [1.54, 1.807) is 0 Å². The van der Waals surface area contributed by atoms with Crippen molar-refractivity contribution in [2.24, 2.45) is 0 Å². The number of nitrogens with zero attached hydrogens (tertiary/aromatic N) is 1.